The third-order valence-electron chi connectivity index (χ3n) is 7.08. The molecule has 0 heterocycles. The zero-order valence-corrected chi connectivity index (χ0v) is 18.2. The van der Waals surface area contributed by atoms with Gasteiger partial charge >= 0.3 is 0 Å². The van der Waals surface area contributed by atoms with Crippen LogP contribution in [0.25, 0.3) is 0 Å². The quantitative estimate of drug-likeness (QED) is 0.251. The van der Waals surface area contributed by atoms with E-state index in [-0.39, 0.29) is 17.0 Å². The molecule has 6 N–H and O–H groups in total. The molecule has 2 fully saturated rings. The number of aliphatic hydroxyl groups is 2. The number of rotatable bonds is 2. The highest BCUT2D eigenvalue weighted by Crippen LogP contribution is 2.55. The minimum atomic E-state index is -2.91. The van der Waals surface area contributed by atoms with Crippen LogP contribution < -0.4 is 5.73 Å². The summed E-state index contributed by atoms with van der Waals surface area (Å²) in [6.45, 7) is 0. The minimum absolute atomic E-state index is 0.207. The maximum absolute atomic E-state index is 13.6. The highest BCUT2D eigenvalue weighted by molar-refractivity contribution is 6.34. The Morgan fingerprint density at radius 2 is 1.79 bits per heavy atom. The van der Waals surface area contributed by atoms with E-state index < -0.39 is 87.5 Å². The van der Waals surface area contributed by atoms with E-state index in [4.69, 9.17) is 17.3 Å². The van der Waals surface area contributed by atoms with E-state index in [2.05, 4.69) is 0 Å². The molecule has 4 rings (SSSR count). The Morgan fingerprint density at radius 3 is 2.33 bits per heavy atom. The Kier molecular flexibility index (Phi) is 5.17. The van der Waals surface area contributed by atoms with Crippen LogP contribution >= 0.6 is 11.6 Å². The number of nitrogens with zero attached hydrogens (tertiary/aromatic N) is 1. The summed E-state index contributed by atoms with van der Waals surface area (Å²) in [5, 5.41) is 42.3. The van der Waals surface area contributed by atoms with Crippen molar-refractivity contribution in [2.45, 2.75) is 24.2 Å². The van der Waals surface area contributed by atoms with E-state index in [1.807, 2.05) is 0 Å². The molecule has 0 aromatic heterocycles. The molecule has 33 heavy (non-hydrogen) atoms. The zero-order chi connectivity index (χ0) is 24.7. The van der Waals surface area contributed by atoms with E-state index in [1.54, 1.807) is 0 Å². The van der Waals surface area contributed by atoms with E-state index in [0.29, 0.717) is 0 Å². The van der Waals surface area contributed by atoms with E-state index >= 15 is 0 Å². The molecule has 11 nitrogen and oxygen atoms in total. The number of carbonyl (C=O) groups is 5. The van der Waals surface area contributed by atoms with Gasteiger partial charge in [0.15, 0.2) is 46.2 Å². The van der Waals surface area contributed by atoms with Crippen LogP contribution in [0.3, 0.4) is 0 Å². The van der Waals surface area contributed by atoms with Crippen molar-refractivity contribution in [2.75, 3.05) is 14.1 Å². The van der Waals surface area contributed by atoms with Crippen LogP contribution in [0.15, 0.2) is 6.07 Å². The number of primary amides is 1. The minimum Gasteiger partial charge on any atom is -0.504 e. The topological polar surface area (TPSA) is 196 Å². The molecule has 3 aliphatic rings. The summed E-state index contributed by atoms with van der Waals surface area (Å²) >= 11 is 6.11. The molecule has 3 aliphatic carbocycles. The summed E-state index contributed by atoms with van der Waals surface area (Å²) in [7, 11) is 2.89. The molecule has 2 saturated carbocycles. The molecule has 1 aromatic rings. The normalized spacial score (nSPS) is 35.8. The third kappa shape index (κ3) is 2.83. The van der Waals surface area contributed by atoms with Crippen molar-refractivity contribution in [3.8, 4) is 11.5 Å². The summed E-state index contributed by atoms with van der Waals surface area (Å²) in [4.78, 5) is 66.2. The fraction of sp³-hybridized carbons (Fsp3) is 0.476. The van der Waals surface area contributed by atoms with Crippen molar-refractivity contribution >= 4 is 40.6 Å². The number of aromatic hydroxyl groups is 2. The van der Waals surface area contributed by atoms with Crippen molar-refractivity contribution in [3.05, 3.63) is 22.2 Å². The Balaban J connectivity index is 1.94. The van der Waals surface area contributed by atoms with Crippen molar-refractivity contribution < 1.29 is 44.4 Å². The molecular weight excluding hydrogens is 460 g/mol. The first-order chi connectivity index (χ1) is 15.3. The number of ketones is 4. The van der Waals surface area contributed by atoms with Gasteiger partial charge in [0.2, 0.25) is 5.91 Å². The van der Waals surface area contributed by atoms with Gasteiger partial charge in [0.25, 0.3) is 0 Å². The fourth-order valence-electron chi connectivity index (χ4n) is 5.65. The average molecular weight is 481 g/mol. The van der Waals surface area contributed by atoms with Gasteiger partial charge in [0.1, 0.15) is 0 Å². The number of Topliss-reactive ketones (excluding diaryl/α,β-unsaturated/α-hetero) is 4. The lowest BCUT2D eigenvalue weighted by atomic mass is 9.52. The summed E-state index contributed by atoms with van der Waals surface area (Å²) in [6.07, 6.45) is -1.93. The monoisotopic (exact) mass is 480 g/mol. The number of hydrogen-bond acceptors (Lipinski definition) is 10. The number of benzene rings is 1. The second-order valence-electron chi connectivity index (χ2n) is 8.95. The van der Waals surface area contributed by atoms with Gasteiger partial charge in [-0.1, -0.05) is 11.6 Å². The molecule has 0 bridgehead atoms. The van der Waals surface area contributed by atoms with Gasteiger partial charge < -0.3 is 26.2 Å². The van der Waals surface area contributed by atoms with Crippen LogP contribution in [0.2, 0.25) is 5.02 Å². The molecule has 7 atom stereocenters. The summed E-state index contributed by atoms with van der Waals surface area (Å²) in [5.74, 6) is -14.2. The molecule has 1 amide bonds. The highest BCUT2D eigenvalue weighted by Gasteiger charge is 2.70. The van der Waals surface area contributed by atoms with Crippen LogP contribution in [0, 0.1) is 23.7 Å². The van der Waals surface area contributed by atoms with E-state index in [0.717, 1.165) is 6.07 Å². The Bertz CT molecular complexity index is 1150. The highest BCUT2D eigenvalue weighted by atomic mass is 35.5. The number of halogens is 1. The molecular formula is C21H21ClN2O9. The van der Waals surface area contributed by atoms with Gasteiger partial charge in [-0.05, 0) is 20.5 Å². The number of hydrogen-bond donors (Lipinski definition) is 5. The number of likely N-dealkylation sites (N-methyl/N-ethyl adjacent to an activating group) is 1. The maximum Gasteiger partial charge on any atom is 0.235 e. The first-order valence-corrected chi connectivity index (χ1v) is 10.4. The standard InChI is InChI=1S/C21H21ClN2O9/c1-24(2)13-6-3-5-9(18(30)21(6,33)19(31)12(17(13)29)20(23)32)16(28)11-10(14(5)26)7(22)4-8(25)15(11)27/h4-6,9,12-14,25-27,33H,3H2,1-2H3,(H2,23,32)/t5-,6-,9?,12?,13-,14+,21-/m1/s1. The molecule has 0 spiro atoms. The third-order valence-corrected chi connectivity index (χ3v) is 7.40. The first kappa shape index (κ1) is 23.3. The maximum atomic E-state index is 13.6. The fourth-order valence-corrected chi connectivity index (χ4v) is 5.96. The Hall–Kier alpha value is -2.86. The van der Waals surface area contributed by atoms with Crippen molar-refractivity contribution in [1.82, 2.24) is 4.90 Å². The van der Waals surface area contributed by atoms with Gasteiger partial charge in [-0.3, -0.25) is 28.9 Å². The van der Waals surface area contributed by atoms with Crippen LogP contribution in [0.1, 0.15) is 28.4 Å². The van der Waals surface area contributed by atoms with Gasteiger partial charge in [-0.25, -0.2) is 0 Å². The van der Waals surface area contributed by atoms with Crippen LogP contribution in [0.4, 0.5) is 0 Å². The molecule has 2 unspecified atom stereocenters. The van der Waals surface area contributed by atoms with Gasteiger partial charge in [0, 0.05) is 23.5 Å². The first-order valence-electron chi connectivity index (χ1n) is 10.0. The van der Waals surface area contributed by atoms with Gasteiger partial charge in [-0.2, -0.15) is 0 Å². The van der Waals surface area contributed by atoms with Crippen molar-refractivity contribution in [2.24, 2.45) is 29.4 Å². The predicted molar refractivity (Wildman–Crippen MR) is 109 cm³/mol. The van der Waals surface area contributed by atoms with Crippen molar-refractivity contribution in [1.29, 1.82) is 0 Å². The number of carbonyl (C=O) groups excluding carboxylic acids is 5. The lowest BCUT2D eigenvalue weighted by Gasteiger charge is -2.53. The number of phenolic OH excluding ortho intramolecular Hbond substituents is 2. The summed E-state index contributed by atoms with van der Waals surface area (Å²) < 4.78 is 0. The van der Waals surface area contributed by atoms with Crippen LogP contribution in [0.5, 0.6) is 11.5 Å². The van der Waals surface area contributed by atoms with Crippen LogP contribution in [-0.2, 0) is 19.2 Å². The second kappa shape index (κ2) is 7.32. The van der Waals surface area contributed by atoms with Gasteiger partial charge in [-0.15, -0.1) is 0 Å². The lowest BCUT2D eigenvalue weighted by Crippen LogP contribution is -2.74. The molecule has 0 radical (unpaired) electrons. The van der Waals surface area contributed by atoms with Crippen molar-refractivity contribution in [3.63, 3.8) is 0 Å². The number of nitrogens with two attached hydrogens (primary N) is 1. The largest absolute Gasteiger partial charge is 0.504 e. The predicted octanol–water partition coefficient (Wildman–Crippen LogP) is -1.28. The number of aliphatic hydroxyl groups excluding tert-OH is 1. The summed E-state index contributed by atoms with van der Waals surface area (Å²) in [5.41, 5.74) is 1.52. The lowest BCUT2D eigenvalue weighted by molar-refractivity contribution is -0.184. The number of fused-ring (bicyclic) bond motifs is 3. The smallest absolute Gasteiger partial charge is 0.235 e. The van der Waals surface area contributed by atoms with Crippen LogP contribution in [-0.4, -0.2) is 80.1 Å². The number of amides is 1. The van der Waals surface area contributed by atoms with E-state index in [9.17, 15) is 44.4 Å². The zero-order valence-electron chi connectivity index (χ0n) is 17.5. The molecule has 1 aromatic carbocycles. The molecule has 12 heteroatoms. The number of phenols is 2. The molecule has 0 aliphatic heterocycles. The van der Waals surface area contributed by atoms with Gasteiger partial charge in [0.05, 0.1) is 28.6 Å². The summed E-state index contributed by atoms with van der Waals surface area (Å²) in [6, 6.07) is -0.358. The Morgan fingerprint density at radius 1 is 1.18 bits per heavy atom. The molecule has 176 valence electrons. The average Bonchev–Trinajstić information content (AvgIpc) is 2.70. The second-order valence-corrected chi connectivity index (χ2v) is 9.36. The Labute approximate surface area is 191 Å². The molecule has 0 saturated heterocycles. The van der Waals surface area contributed by atoms with E-state index in [1.165, 1.54) is 19.0 Å². The SMILES string of the molecule is CN(C)[C@H]1C(=O)C(C(N)=O)C(=O)[C@]2(O)C(=O)C3C(=O)c4c(O)c(O)cc(Cl)c4[C@@H](O)[C@@H]3C[C@H]12.